The van der Waals surface area contributed by atoms with Gasteiger partial charge >= 0.3 is 0 Å². The van der Waals surface area contributed by atoms with Gasteiger partial charge in [0.2, 0.25) is 15.9 Å². The second-order valence-corrected chi connectivity index (χ2v) is 13.7. The number of carbonyl (C=O) groups is 1. The summed E-state index contributed by atoms with van der Waals surface area (Å²) in [5, 5.41) is 0. The maximum absolute atomic E-state index is 14.1. The molecule has 4 aliphatic rings. The smallest absolute Gasteiger partial charge is 0.243 e. The normalized spacial score (nSPS) is 34.2. The van der Waals surface area contributed by atoms with Gasteiger partial charge in [0.15, 0.2) is 0 Å². The number of hydrogen-bond acceptors (Lipinski definition) is 5. The van der Waals surface area contributed by atoms with Crippen molar-refractivity contribution in [2.75, 3.05) is 18.8 Å². The Kier molecular flexibility index (Phi) is 5.82. The monoisotopic (exact) mass is 508 g/mol. The Morgan fingerprint density at radius 3 is 2.33 bits per heavy atom. The van der Waals surface area contributed by atoms with Gasteiger partial charge in [-0.15, -0.1) is 0 Å². The molecule has 2 aromatic carbocycles. The number of nitrogens with zero attached hydrogens (tertiary/aromatic N) is 2. The van der Waals surface area contributed by atoms with Crippen LogP contribution in [0.25, 0.3) is 0 Å². The standard InChI is InChI=1S/C29H36N2O4S/c1-28(2)23-13-14-29(28)20-36(33,34)31(26(29)15-23)27(32)24-17-30(16-21-9-5-3-6-10-21)18-25(24)35-19-22-11-7-4-8-12-22/h3-12,23-26H,13-20H2,1-2H3/t23?,24?,25-,26?,29?/m1/s1. The van der Waals surface area contributed by atoms with Gasteiger partial charge in [-0.3, -0.25) is 9.69 Å². The van der Waals surface area contributed by atoms with Gasteiger partial charge in [0.1, 0.15) is 0 Å². The van der Waals surface area contributed by atoms with E-state index in [4.69, 9.17) is 4.74 Å². The van der Waals surface area contributed by atoms with E-state index >= 15 is 0 Å². The van der Waals surface area contributed by atoms with E-state index in [-0.39, 0.29) is 34.6 Å². The van der Waals surface area contributed by atoms with E-state index in [9.17, 15) is 13.2 Å². The second-order valence-electron chi connectivity index (χ2n) is 11.9. The van der Waals surface area contributed by atoms with Gasteiger partial charge in [0.05, 0.1) is 30.4 Å². The number of amides is 1. The van der Waals surface area contributed by atoms with E-state index in [0.29, 0.717) is 32.2 Å². The molecule has 4 fully saturated rings. The predicted octanol–water partition coefficient (Wildman–Crippen LogP) is 4.07. The molecule has 7 heteroatoms. The third-order valence-corrected chi connectivity index (χ3v) is 11.8. The van der Waals surface area contributed by atoms with Crippen molar-refractivity contribution in [3.8, 4) is 0 Å². The zero-order valence-corrected chi connectivity index (χ0v) is 22.0. The number of likely N-dealkylation sites (tertiary alicyclic amines) is 1. The summed E-state index contributed by atoms with van der Waals surface area (Å²) in [4.78, 5) is 16.4. The molecule has 2 saturated carbocycles. The van der Waals surface area contributed by atoms with Crippen molar-refractivity contribution in [3.63, 3.8) is 0 Å². The van der Waals surface area contributed by atoms with Crippen LogP contribution in [-0.2, 0) is 32.7 Å². The molecule has 192 valence electrons. The highest BCUT2D eigenvalue weighted by Crippen LogP contribution is 2.70. The molecule has 2 saturated heterocycles. The summed E-state index contributed by atoms with van der Waals surface area (Å²) >= 11 is 0. The highest BCUT2D eigenvalue weighted by Gasteiger charge is 2.72. The molecular formula is C29H36N2O4S. The summed E-state index contributed by atoms with van der Waals surface area (Å²) in [5.74, 6) is -0.161. The summed E-state index contributed by atoms with van der Waals surface area (Å²) in [7, 11) is -3.66. The van der Waals surface area contributed by atoms with E-state index < -0.39 is 15.9 Å². The Hall–Kier alpha value is -2.22. The van der Waals surface area contributed by atoms with Crippen LogP contribution in [0.15, 0.2) is 60.7 Å². The lowest BCUT2D eigenvalue weighted by Crippen LogP contribution is -2.48. The number of fused-ring (bicyclic) bond motifs is 1. The molecule has 0 radical (unpaired) electrons. The van der Waals surface area contributed by atoms with Crippen molar-refractivity contribution in [2.45, 2.75) is 58.4 Å². The molecule has 0 N–H and O–H groups in total. The van der Waals surface area contributed by atoms with Crippen LogP contribution in [0.3, 0.4) is 0 Å². The van der Waals surface area contributed by atoms with Crippen molar-refractivity contribution < 1.29 is 17.9 Å². The van der Waals surface area contributed by atoms with E-state index in [1.807, 2.05) is 48.5 Å². The molecule has 5 atom stereocenters. The largest absolute Gasteiger partial charge is 0.371 e. The lowest BCUT2D eigenvalue weighted by molar-refractivity contribution is -0.137. The first-order valence-corrected chi connectivity index (χ1v) is 14.8. The summed E-state index contributed by atoms with van der Waals surface area (Å²) in [6, 6.07) is 19.9. The lowest BCUT2D eigenvalue weighted by atomic mass is 9.69. The summed E-state index contributed by atoms with van der Waals surface area (Å²) < 4.78 is 34.8. The molecule has 2 aliphatic carbocycles. The van der Waals surface area contributed by atoms with Gasteiger partial charge in [0, 0.05) is 25.0 Å². The first-order valence-electron chi connectivity index (χ1n) is 13.2. The minimum absolute atomic E-state index is 0.0575. The minimum atomic E-state index is -3.66. The van der Waals surface area contributed by atoms with Crippen molar-refractivity contribution in [3.05, 3.63) is 71.8 Å². The highest BCUT2D eigenvalue weighted by molar-refractivity contribution is 7.90. The van der Waals surface area contributed by atoms with Gasteiger partial charge in [-0.25, -0.2) is 12.7 Å². The Balaban J connectivity index is 1.27. The molecule has 6 nitrogen and oxygen atoms in total. The summed E-state index contributed by atoms with van der Waals surface area (Å²) in [6.07, 6.45) is 2.42. The van der Waals surface area contributed by atoms with E-state index in [1.54, 1.807) is 0 Å². The van der Waals surface area contributed by atoms with Crippen LogP contribution in [0.1, 0.15) is 44.2 Å². The molecule has 0 aromatic heterocycles. The van der Waals surface area contributed by atoms with Crippen LogP contribution in [0.5, 0.6) is 0 Å². The van der Waals surface area contributed by atoms with Crippen LogP contribution >= 0.6 is 0 Å². The Morgan fingerprint density at radius 1 is 1.00 bits per heavy atom. The van der Waals surface area contributed by atoms with Gasteiger partial charge < -0.3 is 4.74 Å². The van der Waals surface area contributed by atoms with Crippen LogP contribution < -0.4 is 0 Å². The van der Waals surface area contributed by atoms with Crippen molar-refractivity contribution >= 4 is 15.9 Å². The Morgan fingerprint density at radius 2 is 1.67 bits per heavy atom. The van der Waals surface area contributed by atoms with Crippen molar-refractivity contribution in [1.82, 2.24) is 9.21 Å². The van der Waals surface area contributed by atoms with Crippen LogP contribution in [0, 0.1) is 22.7 Å². The SMILES string of the molecule is CC1(C)C2CCC13CS(=O)(=O)N(C(=O)C1CN(Cc4ccccc4)C[C@H]1OCc1ccccc1)C3C2. The summed E-state index contributed by atoms with van der Waals surface area (Å²) in [6.45, 7) is 6.67. The number of hydrogen-bond donors (Lipinski definition) is 0. The van der Waals surface area contributed by atoms with E-state index in [0.717, 1.165) is 24.8 Å². The molecule has 6 rings (SSSR count). The molecular weight excluding hydrogens is 472 g/mol. The maximum atomic E-state index is 14.1. The maximum Gasteiger partial charge on any atom is 0.243 e. The van der Waals surface area contributed by atoms with Gasteiger partial charge in [0.25, 0.3) is 0 Å². The molecule has 2 aromatic rings. The first-order chi connectivity index (χ1) is 17.2. The lowest BCUT2D eigenvalue weighted by Gasteiger charge is -2.37. The number of rotatable bonds is 6. The van der Waals surface area contributed by atoms with Crippen LogP contribution in [0.4, 0.5) is 0 Å². The molecule has 1 spiro atoms. The van der Waals surface area contributed by atoms with Gasteiger partial charge in [-0.2, -0.15) is 0 Å². The third kappa shape index (κ3) is 3.74. The average Bonchev–Trinajstić information content (AvgIpc) is 3.50. The number of carbonyl (C=O) groups excluding carboxylic acids is 1. The zero-order valence-electron chi connectivity index (χ0n) is 21.2. The Labute approximate surface area is 214 Å². The molecule has 1 amide bonds. The van der Waals surface area contributed by atoms with Crippen LogP contribution in [0.2, 0.25) is 0 Å². The summed E-state index contributed by atoms with van der Waals surface area (Å²) in [5.41, 5.74) is 1.86. The fourth-order valence-electron chi connectivity index (χ4n) is 7.75. The molecule has 2 heterocycles. The number of ether oxygens (including phenoxy) is 1. The molecule has 2 aliphatic heterocycles. The predicted molar refractivity (Wildman–Crippen MR) is 138 cm³/mol. The minimum Gasteiger partial charge on any atom is -0.371 e. The third-order valence-electron chi connectivity index (χ3n) is 9.84. The number of benzene rings is 2. The van der Waals surface area contributed by atoms with Gasteiger partial charge in [-0.05, 0) is 41.7 Å². The van der Waals surface area contributed by atoms with E-state index in [1.165, 1.54) is 9.87 Å². The van der Waals surface area contributed by atoms with Crippen molar-refractivity contribution in [1.29, 1.82) is 0 Å². The molecule has 4 unspecified atom stereocenters. The first kappa shape index (κ1) is 24.1. The van der Waals surface area contributed by atoms with Gasteiger partial charge in [-0.1, -0.05) is 74.5 Å². The van der Waals surface area contributed by atoms with Crippen LogP contribution in [-0.4, -0.2) is 54.5 Å². The topological polar surface area (TPSA) is 66.9 Å². The fraction of sp³-hybridized carbons (Fsp3) is 0.552. The van der Waals surface area contributed by atoms with Crippen molar-refractivity contribution in [2.24, 2.45) is 22.7 Å². The quantitative estimate of drug-likeness (QED) is 0.589. The number of sulfonamides is 1. The zero-order chi connectivity index (χ0) is 25.1. The molecule has 36 heavy (non-hydrogen) atoms. The highest BCUT2D eigenvalue weighted by atomic mass is 32.2. The second kappa shape index (κ2) is 8.67. The molecule has 2 bridgehead atoms. The Bertz CT molecular complexity index is 1230. The average molecular weight is 509 g/mol. The van der Waals surface area contributed by atoms with E-state index in [2.05, 4.69) is 30.9 Å². The fourth-order valence-corrected chi connectivity index (χ4v) is 10.3.